The maximum absolute atomic E-state index is 13.8. The molecule has 0 aromatic heterocycles. The molecule has 3 aromatic rings. The topological polar surface area (TPSA) is 66.4 Å². The molecule has 0 aliphatic heterocycles. The molecule has 0 radical (unpaired) electrons. The first kappa shape index (κ1) is 20.5. The van der Waals surface area contributed by atoms with Crippen LogP contribution in [0.1, 0.15) is 15.9 Å². The number of carbonyl (C=O) groups excluding carboxylic acids is 1. The Balaban J connectivity index is 1.77. The normalized spacial score (nSPS) is 11.7. The summed E-state index contributed by atoms with van der Waals surface area (Å²) in [4.78, 5) is 23.9. The summed E-state index contributed by atoms with van der Waals surface area (Å²) in [5, 5.41) is 12.2. The Morgan fingerprint density at radius 1 is 0.931 bits per heavy atom. The van der Waals surface area contributed by atoms with E-state index in [1.807, 2.05) is 12.1 Å². The molecule has 0 bridgehead atoms. The molecule has 1 atom stereocenters. The zero-order valence-electron chi connectivity index (χ0n) is 15.0. The number of carboxylic acid groups (broad SMARTS) is 1. The van der Waals surface area contributed by atoms with Gasteiger partial charge in [0.1, 0.15) is 17.7 Å². The summed E-state index contributed by atoms with van der Waals surface area (Å²) >= 11 is 6.16. The molecule has 0 heterocycles. The molecular weight excluding hydrogens is 400 g/mol. The Morgan fingerprint density at radius 3 is 2.14 bits per heavy atom. The fraction of sp³-hybridized carbons (Fsp3) is 0.0909. The van der Waals surface area contributed by atoms with E-state index in [1.54, 1.807) is 24.3 Å². The average molecular weight is 416 g/mol. The van der Waals surface area contributed by atoms with Crippen LogP contribution >= 0.6 is 11.6 Å². The number of aliphatic carboxylic acids is 1. The van der Waals surface area contributed by atoms with Crippen molar-refractivity contribution in [3.8, 4) is 11.1 Å². The van der Waals surface area contributed by atoms with Crippen molar-refractivity contribution >= 4 is 23.5 Å². The lowest BCUT2D eigenvalue weighted by Crippen LogP contribution is -2.42. The zero-order chi connectivity index (χ0) is 21.0. The van der Waals surface area contributed by atoms with Gasteiger partial charge in [0, 0.05) is 28.1 Å². The third kappa shape index (κ3) is 4.78. The largest absolute Gasteiger partial charge is 0.480 e. The van der Waals surface area contributed by atoms with Crippen molar-refractivity contribution in [2.45, 2.75) is 12.5 Å². The lowest BCUT2D eigenvalue weighted by Gasteiger charge is -2.16. The van der Waals surface area contributed by atoms with Crippen LogP contribution in [0.3, 0.4) is 0 Å². The first-order valence-corrected chi connectivity index (χ1v) is 9.06. The lowest BCUT2D eigenvalue weighted by atomic mass is 10.0. The highest BCUT2D eigenvalue weighted by atomic mass is 35.5. The van der Waals surface area contributed by atoms with Gasteiger partial charge < -0.3 is 10.4 Å². The van der Waals surface area contributed by atoms with E-state index in [2.05, 4.69) is 5.32 Å². The fourth-order valence-corrected chi connectivity index (χ4v) is 3.11. The van der Waals surface area contributed by atoms with Gasteiger partial charge in [0.25, 0.3) is 5.91 Å². The minimum atomic E-state index is -1.49. The summed E-state index contributed by atoms with van der Waals surface area (Å²) in [5.74, 6) is -3.79. The number of carbonyl (C=O) groups is 2. The molecule has 0 saturated heterocycles. The van der Waals surface area contributed by atoms with Crippen molar-refractivity contribution < 1.29 is 23.5 Å². The number of carboxylic acids is 1. The quantitative estimate of drug-likeness (QED) is 0.612. The van der Waals surface area contributed by atoms with E-state index in [0.717, 1.165) is 23.3 Å². The van der Waals surface area contributed by atoms with Gasteiger partial charge in [-0.2, -0.15) is 0 Å². The smallest absolute Gasteiger partial charge is 0.326 e. The second-order valence-electron chi connectivity index (χ2n) is 6.33. The molecule has 0 aliphatic rings. The highest BCUT2D eigenvalue weighted by Crippen LogP contribution is 2.27. The van der Waals surface area contributed by atoms with Crippen LogP contribution < -0.4 is 5.32 Å². The number of hydrogen-bond donors (Lipinski definition) is 2. The fourth-order valence-electron chi connectivity index (χ4n) is 2.87. The van der Waals surface area contributed by atoms with Crippen LogP contribution in [0.25, 0.3) is 11.1 Å². The van der Waals surface area contributed by atoms with Gasteiger partial charge >= 0.3 is 5.97 Å². The number of benzene rings is 3. The minimum Gasteiger partial charge on any atom is -0.480 e. The number of amides is 1. The monoisotopic (exact) mass is 415 g/mol. The Kier molecular flexibility index (Phi) is 6.24. The van der Waals surface area contributed by atoms with E-state index in [-0.39, 0.29) is 5.56 Å². The van der Waals surface area contributed by atoms with Crippen molar-refractivity contribution in [2.24, 2.45) is 0 Å². The van der Waals surface area contributed by atoms with Gasteiger partial charge in [0.2, 0.25) is 0 Å². The molecule has 7 heteroatoms. The SMILES string of the molecule is O=C(N[C@@H](Cc1c(F)cccc1F)C(=O)O)c1ccc(-c2ccccc2Cl)cc1. The summed E-state index contributed by atoms with van der Waals surface area (Å²) in [5.41, 5.74) is 1.39. The van der Waals surface area contributed by atoms with Crippen LogP contribution in [0.15, 0.2) is 66.7 Å². The highest BCUT2D eigenvalue weighted by molar-refractivity contribution is 6.33. The number of hydrogen-bond acceptors (Lipinski definition) is 2. The maximum atomic E-state index is 13.8. The second-order valence-corrected chi connectivity index (χ2v) is 6.73. The molecule has 29 heavy (non-hydrogen) atoms. The summed E-state index contributed by atoms with van der Waals surface area (Å²) in [7, 11) is 0. The standard InChI is InChI=1S/C22H16ClF2NO3/c23-17-5-2-1-4-15(17)13-8-10-14(11-9-13)21(27)26-20(22(28)29)12-16-18(24)6-3-7-19(16)25/h1-11,20H,12H2,(H,26,27)(H,28,29)/t20-/m0/s1. The Hall–Kier alpha value is -3.25. The average Bonchev–Trinajstić information content (AvgIpc) is 2.70. The molecule has 2 N–H and O–H groups in total. The summed E-state index contributed by atoms with van der Waals surface area (Å²) in [6, 6.07) is 15.4. The van der Waals surface area contributed by atoms with Gasteiger partial charge in [-0.15, -0.1) is 0 Å². The Labute approximate surface area is 170 Å². The van der Waals surface area contributed by atoms with Gasteiger partial charge in [0.15, 0.2) is 0 Å². The van der Waals surface area contributed by atoms with E-state index < -0.39 is 41.5 Å². The van der Waals surface area contributed by atoms with Crippen LogP contribution in [0.5, 0.6) is 0 Å². The second kappa shape index (κ2) is 8.84. The summed E-state index contributed by atoms with van der Waals surface area (Å²) < 4.78 is 27.6. The molecule has 0 aliphatic carbocycles. The molecule has 0 saturated carbocycles. The number of nitrogens with one attached hydrogen (secondary N) is 1. The van der Waals surface area contributed by atoms with Crippen molar-refractivity contribution in [1.82, 2.24) is 5.32 Å². The summed E-state index contributed by atoms with van der Waals surface area (Å²) in [6.07, 6.45) is -0.517. The molecule has 0 spiro atoms. The zero-order valence-corrected chi connectivity index (χ0v) is 15.8. The third-order valence-corrected chi connectivity index (χ3v) is 4.73. The van der Waals surface area contributed by atoms with Crippen LogP contribution in [0.2, 0.25) is 5.02 Å². The molecule has 1 amide bonds. The van der Waals surface area contributed by atoms with Gasteiger partial charge in [-0.3, -0.25) is 4.79 Å². The third-order valence-electron chi connectivity index (χ3n) is 4.41. The minimum absolute atomic E-state index is 0.209. The predicted octanol–water partition coefficient (Wildman–Crippen LogP) is 4.71. The molecular formula is C22H16ClF2NO3. The lowest BCUT2D eigenvalue weighted by molar-refractivity contribution is -0.139. The van der Waals surface area contributed by atoms with Gasteiger partial charge in [-0.25, -0.2) is 13.6 Å². The first-order valence-electron chi connectivity index (χ1n) is 8.68. The number of rotatable bonds is 6. The van der Waals surface area contributed by atoms with E-state index in [9.17, 15) is 23.5 Å². The van der Waals surface area contributed by atoms with Gasteiger partial charge in [-0.1, -0.05) is 48.0 Å². The van der Waals surface area contributed by atoms with Crippen LogP contribution in [0, 0.1) is 11.6 Å². The van der Waals surface area contributed by atoms with Gasteiger partial charge in [-0.05, 0) is 35.9 Å². The van der Waals surface area contributed by atoms with Crippen molar-refractivity contribution in [2.75, 3.05) is 0 Å². The van der Waals surface area contributed by atoms with Crippen LogP contribution in [0.4, 0.5) is 8.78 Å². The van der Waals surface area contributed by atoms with Crippen molar-refractivity contribution in [1.29, 1.82) is 0 Å². The highest BCUT2D eigenvalue weighted by Gasteiger charge is 2.24. The van der Waals surface area contributed by atoms with E-state index >= 15 is 0 Å². The first-order chi connectivity index (χ1) is 13.9. The predicted molar refractivity (Wildman–Crippen MR) is 106 cm³/mol. The summed E-state index contributed by atoms with van der Waals surface area (Å²) in [6.45, 7) is 0. The Morgan fingerprint density at radius 2 is 1.55 bits per heavy atom. The molecule has 148 valence electrons. The number of halogens is 3. The van der Waals surface area contributed by atoms with Crippen LogP contribution in [-0.4, -0.2) is 23.0 Å². The van der Waals surface area contributed by atoms with Crippen LogP contribution in [-0.2, 0) is 11.2 Å². The molecule has 4 nitrogen and oxygen atoms in total. The van der Waals surface area contributed by atoms with Gasteiger partial charge in [0.05, 0.1) is 0 Å². The maximum Gasteiger partial charge on any atom is 0.326 e. The Bertz CT molecular complexity index is 1030. The van der Waals surface area contributed by atoms with Crippen molar-refractivity contribution in [3.63, 3.8) is 0 Å². The van der Waals surface area contributed by atoms with E-state index in [1.165, 1.54) is 18.2 Å². The van der Waals surface area contributed by atoms with E-state index in [0.29, 0.717) is 5.02 Å². The van der Waals surface area contributed by atoms with Crippen molar-refractivity contribution in [3.05, 3.63) is 94.5 Å². The molecule has 0 fully saturated rings. The van der Waals surface area contributed by atoms with E-state index in [4.69, 9.17) is 11.6 Å². The molecule has 3 aromatic carbocycles. The molecule has 0 unspecified atom stereocenters. The molecule has 3 rings (SSSR count).